The molecule has 0 radical (unpaired) electrons. The molecule has 0 saturated carbocycles. The van der Waals surface area contributed by atoms with Gasteiger partial charge in [-0.1, -0.05) is 13.8 Å². The van der Waals surface area contributed by atoms with Crippen molar-refractivity contribution in [3.63, 3.8) is 0 Å². The number of nitrogen functional groups attached to an aromatic ring is 1. The lowest BCUT2D eigenvalue weighted by Crippen LogP contribution is -2.46. The van der Waals surface area contributed by atoms with E-state index >= 15 is 0 Å². The molecule has 1 aliphatic rings. The molecule has 1 fully saturated rings. The lowest BCUT2D eigenvalue weighted by molar-refractivity contribution is 0.270. The lowest BCUT2D eigenvalue weighted by atomic mass is 10.3. The molecule has 1 saturated heterocycles. The molecule has 0 spiro atoms. The zero-order chi connectivity index (χ0) is 13.0. The summed E-state index contributed by atoms with van der Waals surface area (Å²) in [6.45, 7) is 9.45. The van der Waals surface area contributed by atoms with Gasteiger partial charge in [-0.25, -0.2) is 0 Å². The van der Waals surface area contributed by atoms with Crippen LogP contribution in [0, 0.1) is 0 Å². The van der Waals surface area contributed by atoms with Gasteiger partial charge in [0.05, 0.1) is 0 Å². The SMILES string of the molecule is CCCc1nc(N)nc(N2CCN(CC)CC2)n1. The Labute approximate surface area is 108 Å². The topological polar surface area (TPSA) is 71.2 Å². The summed E-state index contributed by atoms with van der Waals surface area (Å²) in [7, 11) is 0. The smallest absolute Gasteiger partial charge is 0.230 e. The monoisotopic (exact) mass is 250 g/mol. The Hall–Kier alpha value is -1.43. The third kappa shape index (κ3) is 3.07. The van der Waals surface area contributed by atoms with Gasteiger partial charge in [0.1, 0.15) is 5.82 Å². The highest BCUT2D eigenvalue weighted by atomic mass is 15.3. The zero-order valence-corrected chi connectivity index (χ0v) is 11.3. The molecule has 6 heteroatoms. The Kier molecular flexibility index (Phi) is 4.30. The number of piperazine rings is 1. The molecule has 0 aliphatic carbocycles. The first-order chi connectivity index (χ1) is 8.72. The molecule has 1 aromatic heterocycles. The van der Waals surface area contributed by atoms with Gasteiger partial charge in [0.2, 0.25) is 11.9 Å². The molecule has 1 aromatic rings. The molecule has 0 bridgehead atoms. The molecule has 0 aromatic carbocycles. The minimum Gasteiger partial charge on any atom is -0.368 e. The van der Waals surface area contributed by atoms with Gasteiger partial charge in [0.25, 0.3) is 0 Å². The largest absolute Gasteiger partial charge is 0.368 e. The normalized spacial score (nSPS) is 17.1. The van der Waals surface area contributed by atoms with E-state index in [9.17, 15) is 0 Å². The van der Waals surface area contributed by atoms with Crippen LogP contribution in [0.3, 0.4) is 0 Å². The maximum atomic E-state index is 5.75. The number of hydrogen-bond acceptors (Lipinski definition) is 6. The van der Waals surface area contributed by atoms with Gasteiger partial charge >= 0.3 is 0 Å². The molecule has 0 unspecified atom stereocenters. The zero-order valence-electron chi connectivity index (χ0n) is 11.3. The Morgan fingerprint density at radius 2 is 1.78 bits per heavy atom. The second kappa shape index (κ2) is 5.95. The van der Waals surface area contributed by atoms with E-state index < -0.39 is 0 Å². The minimum absolute atomic E-state index is 0.335. The fraction of sp³-hybridized carbons (Fsp3) is 0.750. The molecule has 0 amide bonds. The molecule has 0 atom stereocenters. The van der Waals surface area contributed by atoms with E-state index in [0.717, 1.165) is 57.3 Å². The summed E-state index contributed by atoms with van der Waals surface area (Å²) in [5.41, 5.74) is 5.75. The van der Waals surface area contributed by atoms with Gasteiger partial charge < -0.3 is 15.5 Å². The highest BCUT2D eigenvalue weighted by Crippen LogP contribution is 2.13. The Balaban J connectivity index is 2.08. The van der Waals surface area contributed by atoms with Crippen LogP contribution < -0.4 is 10.6 Å². The summed E-state index contributed by atoms with van der Waals surface area (Å²) < 4.78 is 0. The first kappa shape index (κ1) is 13.0. The van der Waals surface area contributed by atoms with Crippen molar-refractivity contribution in [2.24, 2.45) is 0 Å². The second-order valence-corrected chi connectivity index (χ2v) is 4.58. The number of nitrogens with two attached hydrogens (primary N) is 1. The number of rotatable bonds is 4. The van der Waals surface area contributed by atoms with E-state index in [0.29, 0.717) is 5.95 Å². The maximum absolute atomic E-state index is 5.75. The molecular formula is C12H22N6. The molecule has 18 heavy (non-hydrogen) atoms. The van der Waals surface area contributed by atoms with Crippen molar-refractivity contribution in [1.29, 1.82) is 0 Å². The van der Waals surface area contributed by atoms with Gasteiger partial charge in [-0.3, -0.25) is 0 Å². The third-order valence-corrected chi connectivity index (χ3v) is 3.26. The van der Waals surface area contributed by atoms with Crippen LogP contribution in [0.25, 0.3) is 0 Å². The predicted molar refractivity (Wildman–Crippen MR) is 72.6 cm³/mol. The Morgan fingerprint density at radius 1 is 1.06 bits per heavy atom. The van der Waals surface area contributed by atoms with Crippen LogP contribution in [-0.4, -0.2) is 52.6 Å². The number of likely N-dealkylation sites (N-methyl/N-ethyl adjacent to an activating group) is 1. The highest BCUT2D eigenvalue weighted by molar-refractivity contribution is 5.35. The van der Waals surface area contributed by atoms with Crippen molar-refractivity contribution < 1.29 is 0 Å². The lowest BCUT2D eigenvalue weighted by Gasteiger charge is -2.34. The average Bonchev–Trinajstić information content (AvgIpc) is 2.38. The first-order valence-electron chi connectivity index (χ1n) is 6.70. The fourth-order valence-corrected chi connectivity index (χ4v) is 2.17. The summed E-state index contributed by atoms with van der Waals surface area (Å²) in [5.74, 6) is 1.88. The average molecular weight is 250 g/mol. The second-order valence-electron chi connectivity index (χ2n) is 4.58. The standard InChI is InChI=1S/C12H22N6/c1-3-5-10-14-11(13)16-12(15-10)18-8-6-17(4-2)7-9-18/h3-9H2,1-2H3,(H2,13,14,15,16). The number of nitrogens with zero attached hydrogens (tertiary/aromatic N) is 5. The molecule has 2 heterocycles. The molecule has 100 valence electrons. The van der Waals surface area contributed by atoms with E-state index in [1.807, 2.05) is 0 Å². The van der Waals surface area contributed by atoms with E-state index in [2.05, 4.69) is 38.6 Å². The highest BCUT2D eigenvalue weighted by Gasteiger charge is 2.18. The van der Waals surface area contributed by atoms with Crippen molar-refractivity contribution in [2.75, 3.05) is 43.4 Å². The predicted octanol–water partition coefficient (Wildman–Crippen LogP) is 0.548. The summed E-state index contributed by atoms with van der Waals surface area (Å²) in [4.78, 5) is 17.5. The number of aryl methyl sites for hydroxylation is 1. The van der Waals surface area contributed by atoms with E-state index in [-0.39, 0.29) is 0 Å². The van der Waals surface area contributed by atoms with Crippen LogP contribution in [-0.2, 0) is 6.42 Å². The maximum Gasteiger partial charge on any atom is 0.230 e. The molecule has 2 N–H and O–H groups in total. The van der Waals surface area contributed by atoms with Crippen molar-refractivity contribution in [3.05, 3.63) is 5.82 Å². The van der Waals surface area contributed by atoms with Crippen LogP contribution >= 0.6 is 0 Å². The minimum atomic E-state index is 0.335. The van der Waals surface area contributed by atoms with Crippen LogP contribution in [0.5, 0.6) is 0 Å². The number of aromatic nitrogens is 3. The van der Waals surface area contributed by atoms with Crippen LogP contribution in [0.2, 0.25) is 0 Å². The van der Waals surface area contributed by atoms with Crippen molar-refractivity contribution in [1.82, 2.24) is 19.9 Å². The Bertz CT molecular complexity index is 386. The van der Waals surface area contributed by atoms with Crippen LogP contribution in [0.1, 0.15) is 26.1 Å². The Morgan fingerprint density at radius 3 is 2.39 bits per heavy atom. The van der Waals surface area contributed by atoms with E-state index in [4.69, 9.17) is 5.73 Å². The summed E-state index contributed by atoms with van der Waals surface area (Å²) in [6, 6.07) is 0. The van der Waals surface area contributed by atoms with Crippen molar-refractivity contribution in [2.45, 2.75) is 26.7 Å². The van der Waals surface area contributed by atoms with Crippen molar-refractivity contribution in [3.8, 4) is 0 Å². The van der Waals surface area contributed by atoms with Crippen molar-refractivity contribution >= 4 is 11.9 Å². The molecule has 2 rings (SSSR count). The fourth-order valence-electron chi connectivity index (χ4n) is 2.17. The quantitative estimate of drug-likeness (QED) is 0.841. The molecular weight excluding hydrogens is 228 g/mol. The van der Waals surface area contributed by atoms with E-state index in [1.165, 1.54) is 0 Å². The number of hydrogen-bond donors (Lipinski definition) is 1. The molecule has 6 nitrogen and oxygen atoms in total. The van der Waals surface area contributed by atoms with Gasteiger partial charge in [-0.05, 0) is 13.0 Å². The van der Waals surface area contributed by atoms with E-state index in [1.54, 1.807) is 0 Å². The van der Waals surface area contributed by atoms with Gasteiger partial charge in [0.15, 0.2) is 0 Å². The number of anilines is 2. The van der Waals surface area contributed by atoms with Gasteiger partial charge in [-0.15, -0.1) is 0 Å². The molecule has 1 aliphatic heterocycles. The summed E-state index contributed by atoms with van der Waals surface area (Å²) in [6.07, 6.45) is 1.88. The van der Waals surface area contributed by atoms with Gasteiger partial charge in [-0.2, -0.15) is 15.0 Å². The van der Waals surface area contributed by atoms with Gasteiger partial charge in [0, 0.05) is 32.6 Å². The van der Waals surface area contributed by atoms with Crippen LogP contribution in [0.4, 0.5) is 11.9 Å². The van der Waals surface area contributed by atoms with Crippen LogP contribution in [0.15, 0.2) is 0 Å². The summed E-state index contributed by atoms with van der Waals surface area (Å²) >= 11 is 0. The third-order valence-electron chi connectivity index (χ3n) is 3.26. The summed E-state index contributed by atoms with van der Waals surface area (Å²) in [5, 5.41) is 0. The first-order valence-corrected chi connectivity index (χ1v) is 6.70.